The minimum absolute atomic E-state index is 0.191. The Labute approximate surface area is 175 Å². The van der Waals surface area contributed by atoms with Crippen molar-refractivity contribution in [1.29, 1.82) is 0 Å². The van der Waals surface area contributed by atoms with Crippen LogP contribution in [0.4, 0.5) is 22.0 Å². The fourth-order valence-electron chi connectivity index (χ4n) is 4.61. The van der Waals surface area contributed by atoms with Gasteiger partial charge in [0.05, 0.1) is 0 Å². The smallest absolute Gasteiger partial charge is 0.206 e. The largest absolute Gasteiger partial charge is 0.422 e. The molecule has 0 aromatic heterocycles. The van der Waals surface area contributed by atoms with Gasteiger partial charge in [-0.25, -0.2) is 8.78 Å². The maximum atomic E-state index is 13.8. The lowest BCUT2D eigenvalue weighted by Gasteiger charge is -2.29. The molecule has 30 heavy (non-hydrogen) atoms. The second kappa shape index (κ2) is 9.93. The first kappa shape index (κ1) is 22.8. The van der Waals surface area contributed by atoms with E-state index in [1.54, 1.807) is 0 Å². The zero-order valence-corrected chi connectivity index (χ0v) is 17.4. The van der Waals surface area contributed by atoms with Crippen molar-refractivity contribution in [2.75, 3.05) is 0 Å². The quantitative estimate of drug-likeness (QED) is 0.309. The standard InChI is InChI=1S/C25H29F5/c1-2-3-4-5-17-6-10-20(11-7-17)21-12-8-18(9-13-21)14-19-15-22(26)24(23(27)16-19)25(28,29)30/h8-9,12-13,15-17,20H,2-7,10-11,14H2,1H3. The van der Waals surface area contributed by atoms with Crippen LogP contribution in [0.1, 0.15) is 86.5 Å². The van der Waals surface area contributed by atoms with Crippen molar-refractivity contribution in [2.45, 2.75) is 76.8 Å². The van der Waals surface area contributed by atoms with E-state index in [0.717, 1.165) is 23.6 Å². The predicted octanol–water partition coefficient (Wildman–Crippen LogP) is 8.43. The first-order valence-corrected chi connectivity index (χ1v) is 10.9. The van der Waals surface area contributed by atoms with Crippen molar-refractivity contribution in [1.82, 2.24) is 0 Å². The van der Waals surface area contributed by atoms with Gasteiger partial charge in [-0.2, -0.15) is 13.2 Å². The lowest BCUT2D eigenvalue weighted by Crippen LogP contribution is -2.13. The highest BCUT2D eigenvalue weighted by Crippen LogP contribution is 2.38. The molecule has 0 aliphatic heterocycles. The van der Waals surface area contributed by atoms with E-state index in [4.69, 9.17) is 0 Å². The van der Waals surface area contributed by atoms with E-state index in [2.05, 4.69) is 6.92 Å². The van der Waals surface area contributed by atoms with Crippen LogP contribution in [0.5, 0.6) is 0 Å². The number of unbranched alkanes of at least 4 members (excludes halogenated alkanes) is 2. The molecule has 164 valence electrons. The number of hydrogen-bond donors (Lipinski definition) is 0. The normalized spacial score (nSPS) is 19.8. The van der Waals surface area contributed by atoms with Gasteiger partial charge >= 0.3 is 6.18 Å². The summed E-state index contributed by atoms with van der Waals surface area (Å²) in [7, 11) is 0. The number of halogens is 5. The summed E-state index contributed by atoms with van der Waals surface area (Å²) in [6.45, 7) is 2.23. The van der Waals surface area contributed by atoms with Crippen LogP contribution < -0.4 is 0 Å². The van der Waals surface area contributed by atoms with E-state index in [1.807, 2.05) is 24.3 Å². The van der Waals surface area contributed by atoms with Crippen LogP contribution in [0.2, 0.25) is 0 Å². The molecule has 0 nitrogen and oxygen atoms in total. The van der Waals surface area contributed by atoms with E-state index >= 15 is 0 Å². The Bertz CT molecular complexity index is 791. The second-order valence-corrected chi connectivity index (χ2v) is 8.56. The Morgan fingerprint density at radius 3 is 1.97 bits per heavy atom. The van der Waals surface area contributed by atoms with Crippen molar-refractivity contribution in [3.05, 3.63) is 70.3 Å². The van der Waals surface area contributed by atoms with Crippen molar-refractivity contribution in [3.63, 3.8) is 0 Å². The van der Waals surface area contributed by atoms with Crippen LogP contribution in [0.3, 0.4) is 0 Å². The average Bonchev–Trinajstić information content (AvgIpc) is 2.68. The molecular formula is C25H29F5. The minimum Gasteiger partial charge on any atom is -0.206 e. The molecule has 2 aromatic carbocycles. The molecule has 0 heterocycles. The number of alkyl halides is 3. The summed E-state index contributed by atoms with van der Waals surface area (Å²) in [4.78, 5) is 0. The van der Waals surface area contributed by atoms with E-state index in [-0.39, 0.29) is 12.0 Å². The summed E-state index contributed by atoms with van der Waals surface area (Å²) in [5.74, 6) is -1.74. The molecule has 0 bridgehead atoms. The Morgan fingerprint density at radius 2 is 1.43 bits per heavy atom. The Hall–Kier alpha value is -1.91. The van der Waals surface area contributed by atoms with Gasteiger partial charge in [0, 0.05) is 0 Å². The first-order chi connectivity index (χ1) is 14.3. The zero-order valence-electron chi connectivity index (χ0n) is 17.4. The number of hydrogen-bond acceptors (Lipinski definition) is 0. The molecule has 3 rings (SSSR count). The number of rotatable bonds is 7. The molecular weight excluding hydrogens is 395 g/mol. The van der Waals surface area contributed by atoms with Crippen LogP contribution in [0, 0.1) is 17.6 Å². The topological polar surface area (TPSA) is 0 Å². The van der Waals surface area contributed by atoms with Crippen LogP contribution >= 0.6 is 0 Å². The molecule has 5 heteroatoms. The van der Waals surface area contributed by atoms with Crippen molar-refractivity contribution < 1.29 is 22.0 Å². The van der Waals surface area contributed by atoms with Gasteiger partial charge in [-0.3, -0.25) is 0 Å². The molecule has 1 fully saturated rings. The Morgan fingerprint density at radius 1 is 0.833 bits per heavy atom. The van der Waals surface area contributed by atoms with Gasteiger partial charge in [0.2, 0.25) is 0 Å². The maximum absolute atomic E-state index is 13.8. The Balaban J connectivity index is 1.59. The van der Waals surface area contributed by atoms with Gasteiger partial charge in [0.15, 0.2) is 0 Å². The molecule has 0 unspecified atom stereocenters. The highest BCUT2D eigenvalue weighted by molar-refractivity contribution is 5.34. The van der Waals surface area contributed by atoms with E-state index in [0.29, 0.717) is 5.92 Å². The predicted molar refractivity (Wildman–Crippen MR) is 109 cm³/mol. The SMILES string of the molecule is CCCCCC1CCC(c2ccc(Cc3cc(F)c(C(F)(F)F)c(F)c3)cc2)CC1. The summed E-state index contributed by atoms with van der Waals surface area (Å²) in [5, 5.41) is 0. The third-order valence-electron chi connectivity index (χ3n) is 6.31. The van der Waals surface area contributed by atoms with Crippen molar-refractivity contribution >= 4 is 0 Å². The molecule has 0 amide bonds. The van der Waals surface area contributed by atoms with Crippen LogP contribution in [0.15, 0.2) is 36.4 Å². The summed E-state index contributed by atoms with van der Waals surface area (Å²) < 4.78 is 65.7. The van der Waals surface area contributed by atoms with E-state index in [1.165, 1.54) is 56.9 Å². The lowest BCUT2D eigenvalue weighted by atomic mass is 9.77. The molecule has 1 aliphatic carbocycles. The molecule has 0 N–H and O–H groups in total. The van der Waals surface area contributed by atoms with Crippen LogP contribution in [-0.4, -0.2) is 0 Å². The first-order valence-electron chi connectivity index (χ1n) is 10.9. The molecule has 0 saturated heterocycles. The van der Waals surface area contributed by atoms with Crippen molar-refractivity contribution in [3.8, 4) is 0 Å². The average molecular weight is 424 g/mol. The molecule has 0 radical (unpaired) electrons. The van der Waals surface area contributed by atoms with Crippen LogP contribution in [0.25, 0.3) is 0 Å². The van der Waals surface area contributed by atoms with Gasteiger partial charge in [-0.05, 0) is 72.8 Å². The second-order valence-electron chi connectivity index (χ2n) is 8.56. The third-order valence-corrected chi connectivity index (χ3v) is 6.31. The maximum Gasteiger partial charge on any atom is 0.422 e. The van der Waals surface area contributed by atoms with E-state index < -0.39 is 23.4 Å². The molecule has 2 aromatic rings. The monoisotopic (exact) mass is 424 g/mol. The molecule has 0 atom stereocenters. The molecule has 1 saturated carbocycles. The molecule has 1 aliphatic rings. The Kier molecular flexibility index (Phi) is 7.54. The zero-order chi connectivity index (χ0) is 21.7. The summed E-state index contributed by atoms with van der Waals surface area (Å²) >= 11 is 0. The third kappa shape index (κ3) is 5.83. The van der Waals surface area contributed by atoms with Gasteiger partial charge in [-0.15, -0.1) is 0 Å². The fraction of sp³-hybridized carbons (Fsp3) is 0.520. The highest BCUT2D eigenvalue weighted by Gasteiger charge is 2.37. The van der Waals surface area contributed by atoms with Crippen molar-refractivity contribution in [2.24, 2.45) is 5.92 Å². The highest BCUT2D eigenvalue weighted by atomic mass is 19.4. The summed E-state index contributed by atoms with van der Waals surface area (Å²) in [6, 6.07) is 9.48. The summed E-state index contributed by atoms with van der Waals surface area (Å²) in [5.41, 5.74) is 0.464. The molecule has 0 spiro atoms. The van der Waals surface area contributed by atoms with Gasteiger partial charge < -0.3 is 0 Å². The lowest BCUT2D eigenvalue weighted by molar-refractivity contribution is -0.142. The van der Waals surface area contributed by atoms with Gasteiger partial charge in [0.1, 0.15) is 17.2 Å². The number of benzene rings is 2. The van der Waals surface area contributed by atoms with E-state index in [9.17, 15) is 22.0 Å². The van der Waals surface area contributed by atoms with Crippen LogP contribution in [-0.2, 0) is 12.6 Å². The summed E-state index contributed by atoms with van der Waals surface area (Å²) in [6.07, 6.45) is 5.28. The minimum atomic E-state index is -5.04. The van der Waals surface area contributed by atoms with Gasteiger partial charge in [0.25, 0.3) is 0 Å². The fourth-order valence-corrected chi connectivity index (χ4v) is 4.61. The van der Waals surface area contributed by atoms with Gasteiger partial charge in [-0.1, -0.05) is 56.9 Å².